The van der Waals surface area contributed by atoms with Crippen LogP contribution in [0.15, 0.2) is 18.2 Å². The zero-order valence-electron chi connectivity index (χ0n) is 13.2. The molecule has 21 heavy (non-hydrogen) atoms. The maximum atomic E-state index is 13.7. The highest BCUT2D eigenvalue weighted by Crippen LogP contribution is 2.24. The lowest BCUT2D eigenvalue weighted by Gasteiger charge is -2.22. The third-order valence-electron chi connectivity index (χ3n) is 3.85. The smallest absolute Gasteiger partial charge is 0.144 e. The lowest BCUT2D eigenvalue weighted by Crippen LogP contribution is -2.35. The molecule has 0 aliphatic rings. The Kier molecular flexibility index (Phi) is 7.33. The van der Waals surface area contributed by atoms with Gasteiger partial charge in [0, 0.05) is 18.5 Å². The molecule has 1 aromatic carbocycles. The highest BCUT2D eigenvalue weighted by molar-refractivity contribution is 6.30. The van der Waals surface area contributed by atoms with Crippen LogP contribution in [0, 0.1) is 11.7 Å². The van der Waals surface area contributed by atoms with Gasteiger partial charge in [-0.1, -0.05) is 45.4 Å². The number of hydrogen-bond acceptors (Lipinski definition) is 2. The predicted molar refractivity (Wildman–Crippen MR) is 86.4 cm³/mol. The molecule has 4 heteroatoms. The number of hydrogen-bond donors (Lipinski definition) is 1. The summed E-state index contributed by atoms with van der Waals surface area (Å²) in [6, 6.07) is 5.01. The molecule has 1 aromatic rings. The number of nitrogens with one attached hydrogen (secondary N) is 1. The summed E-state index contributed by atoms with van der Waals surface area (Å²) in [6.07, 6.45) is 2.02. The molecule has 1 N–H and O–H groups in total. The Labute approximate surface area is 132 Å². The minimum atomic E-state index is -0.474. The van der Waals surface area contributed by atoms with Crippen molar-refractivity contribution in [1.29, 1.82) is 0 Å². The molecule has 0 fully saturated rings. The second-order valence-electron chi connectivity index (χ2n) is 5.70. The van der Waals surface area contributed by atoms with E-state index in [-0.39, 0.29) is 22.6 Å². The van der Waals surface area contributed by atoms with E-state index in [1.54, 1.807) is 6.07 Å². The Morgan fingerprint density at radius 3 is 2.38 bits per heavy atom. The first-order valence-corrected chi connectivity index (χ1v) is 8.00. The number of halogens is 2. The highest BCUT2D eigenvalue weighted by Gasteiger charge is 2.24. The van der Waals surface area contributed by atoms with Gasteiger partial charge in [-0.15, -0.1) is 0 Å². The van der Waals surface area contributed by atoms with E-state index in [4.69, 9.17) is 11.6 Å². The van der Waals surface area contributed by atoms with Crippen LogP contribution in [-0.2, 0) is 4.79 Å². The van der Waals surface area contributed by atoms with Crippen molar-refractivity contribution in [3.8, 4) is 0 Å². The average Bonchev–Trinajstić information content (AvgIpc) is 2.46. The summed E-state index contributed by atoms with van der Waals surface area (Å²) < 4.78 is 13.7. The third kappa shape index (κ3) is 5.08. The van der Waals surface area contributed by atoms with Crippen LogP contribution in [0.5, 0.6) is 0 Å². The van der Waals surface area contributed by atoms with Gasteiger partial charge in [-0.2, -0.15) is 0 Å². The summed E-state index contributed by atoms with van der Waals surface area (Å²) in [7, 11) is 0. The zero-order chi connectivity index (χ0) is 16.0. The van der Waals surface area contributed by atoms with Gasteiger partial charge in [0.15, 0.2) is 0 Å². The van der Waals surface area contributed by atoms with Gasteiger partial charge in [0.25, 0.3) is 0 Å². The lowest BCUT2D eigenvalue weighted by atomic mass is 9.88. The van der Waals surface area contributed by atoms with E-state index in [2.05, 4.69) is 19.2 Å². The van der Waals surface area contributed by atoms with Gasteiger partial charge in [-0.3, -0.25) is 4.79 Å². The molecule has 0 saturated carbocycles. The maximum absolute atomic E-state index is 13.7. The minimum Gasteiger partial charge on any atom is -0.313 e. The third-order valence-corrected chi connectivity index (χ3v) is 4.16. The molecule has 0 spiro atoms. The van der Waals surface area contributed by atoms with E-state index in [1.165, 1.54) is 12.1 Å². The first-order chi connectivity index (χ1) is 9.90. The Bertz CT molecular complexity index is 472. The average molecular weight is 314 g/mol. The van der Waals surface area contributed by atoms with Crippen LogP contribution in [-0.4, -0.2) is 18.4 Å². The fourth-order valence-electron chi connectivity index (χ4n) is 2.38. The standard InChI is InChI=1S/C17H25ClFNO/c1-5-13(6-2)20-10-14(17(21)11(3)4)12-7-8-15(18)16(19)9-12/h7-9,11,13-14,20H,5-6,10H2,1-4H3. The second kappa shape index (κ2) is 8.50. The van der Waals surface area contributed by atoms with Crippen molar-refractivity contribution in [2.45, 2.75) is 52.5 Å². The van der Waals surface area contributed by atoms with Crippen LogP contribution in [0.2, 0.25) is 5.02 Å². The molecule has 0 heterocycles. The molecule has 0 aliphatic carbocycles. The van der Waals surface area contributed by atoms with Crippen molar-refractivity contribution in [3.63, 3.8) is 0 Å². The minimum absolute atomic E-state index is 0.0856. The van der Waals surface area contributed by atoms with Crippen molar-refractivity contribution >= 4 is 17.4 Å². The van der Waals surface area contributed by atoms with Crippen molar-refractivity contribution < 1.29 is 9.18 Å². The van der Waals surface area contributed by atoms with Crippen molar-refractivity contribution in [3.05, 3.63) is 34.6 Å². The fourth-order valence-corrected chi connectivity index (χ4v) is 2.49. The summed E-state index contributed by atoms with van der Waals surface area (Å²) >= 11 is 5.72. The number of benzene rings is 1. The van der Waals surface area contributed by atoms with Crippen LogP contribution < -0.4 is 5.32 Å². The van der Waals surface area contributed by atoms with Gasteiger partial charge in [0.05, 0.1) is 10.9 Å². The Balaban J connectivity index is 2.96. The SMILES string of the molecule is CCC(CC)NCC(C(=O)C(C)C)c1ccc(Cl)c(F)c1. The van der Waals surface area contributed by atoms with E-state index in [0.29, 0.717) is 18.2 Å². The molecule has 2 nitrogen and oxygen atoms in total. The van der Waals surface area contributed by atoms with E-state index >= 15 is 0 Å². The second-order valence-corrected chi connectivity index (χ2v) is 6.11. The summed E-state index contributed by atoms with van der Waals surface area (Å²) in [5.74, 6) is -0.775. The van der Waals surface area contributed by atoms with E-state index in [9.17, 15) is 9.18 Å². The van der Waals surface area contributed by atoms with Gasteiger partial charge in [0.2, 0.25) is 0 Å². The van der Waals surface area contributed by atoms with E-state index in [1.807, 2.05) is 13.8 Å². The molecule has 0 amide bonds. The summed E-state index contributed by atoms with van der Waals surface area (Å²) in [4.78, 5) is 12.4. The van der Waals surface area contributed by atoms with Crippen molar-refractivity contribution in [2.75, 3.05) is 6.54 Å². The fraction of sp³-hybridized carbons (Fsp3) is 0.588. The van der Waals surface area contributed by atoms with E-state index in [0.717, 1.165) is 12.8 Å². The largest absolute Gasteiger partial charge is 0.313 e. The maximum Gasteiger partial charge on any atom is 0.144 e. The van der Waals surface area contributed by atoms with Gasteiger partial charge >= 0.3 is 0 Å². The van der Waals surface area contributed by atoms with Gasteiger partial charge < -0.3 is 5.32 Å². The molecule has 0 radical (unpaired) electrons. The molecular formula is C17H25ClFNO. The van der Waals surface area contributed by atoms with Gasteiger partial charge in [0.1, 0.15) is 11.6 Å². The highest BCUT2D eigenvalue weighted by atomic mass is 35.5. The van der Waals surface area contributed by atoms with Gasteiger partial charge in [-0.25, -0.2) is 4.39 Å². The van der Waals surface area contributed by atoms with Crippen LogP contribution in [0.25, 0.3) is 0 Å². The quantitative estimate of drug-likeness (QED) is 0.762. The Morgan fingerprint density at radius 1 is 1.29 bits per heavy atom. The topological polar surface area (TPSA) is 29.1 Å². The normalized spacial score (nSPS) is 13.0. The number of carbonyl (C=O) groups excluding carboxylic acids is 1. The first kappa shape index (κ1) is 18.1. The molecular weight excluding hydrogens is 289 g/mol. The van der Waals surface area contributed by atoms with Crippen molar-refractivity contribution in [2.24, 2.45) is 5.92 Å². The van der Waals surface area contributed by atoms with E-state index < -0.39 is 5.82 Å². The lowest BCUT2D eigenvalue weighted by molar-refractivity contribution is -0.123. The number of carbonyl (C=O) groups is 1. The summed E-state index contributed by atoms with van der Waals surface area (Å²) in [5, 5.41) is 3.50. The van der Waals surface area contributed by atoms with Gasteiger partial charge in [-0.05, 0) is 30.5 Å². The summed E-state index contributed by atoms with van der Waals surface area (Å²) in [5.41, 5.74) is 0.689. The number of rotatable bonds is 8. The first-order valence-electron chi connectivity index (χ1n) is 7.62. The van der Waals surface area contributed by atoms with Crippen LogP contribution in [0.3, 0.4) is 0 Å². The monoisotopic (exact) mass is 313 g/mol. The van der Waals surface area contributed by atoms with Crippen LogP contribution in [0.4, 0.5) is 4.39 Å². The van der Waals surface area contributed by atoms with Crippen molar-refractivity contribution in [1.82, 2.24) is 5.32 Å². The number of Topliss-reactive ketones (excluding diaryl/α,β-unsaturated/α-hetero) is 1. The molecule has 0 aliphatic heterocycles. The molecule has 0 aromatic heterocycles. The van der Waals surface area contributed by atoms with Crippen LogP contribution >= 0.6 is 11.6 Å². The summed E-state index contributed by atoms with van der Waals surface area (Å²) in [6.45, 7) is 8.51. The zero-order valence-corrected chi connectivity index (χ0v) is 14.0. The Hall–Kier alpha value is -0.930. The number of ketones is 1. The molecule has 118 valence electrons. The molecule has 1 unspecified atom stereocenters. The Morgan fingerprint density at radius 2 is 1.90 bits per heavy atom. The van der Waals surface area contributed by atoms with Crippen LogP contribution in [0.1, 0.15) is 52.0 Å². The predicted octanol–water partition coefficient (Wildman–Crippen LogP) is 4.57. The molecule has 1 rings (SSSR count). The molecule has 0 saturated heterocycles. The molecule has 0 bridgehead atoms. The molecule has 1 atom stereocenters.